The predicted octanol–water partition coefficient (Wildman–Crippen LogP) is 6.71. The van der Waals surface area contributed by atoms with E-state index in [0.29, 0.717) is 0 Å². The maximum absolute atomic E-state index is 3.72. The summed E-state index contributed by atoms with van der Waals surface area (Å²) in [4.78, 5) is 2.34. The van der Waals surface area contributed by atoms with Crippen LogP contribution in [0.25, 0.3) is 32.3 Å². The van der Waals surface area contributed by atoms with Crippen molar-refractivity contribution in [3.8, 4) is 0 Å². The molecular formula is C26H20N2. The third kappa shape index (κ3) is 2.09. The van der Waals surface area contributed by atoms with E-state index in [1.54, 1.807) is 0 Å². The maximum Gasteiger partial charge on any atom is 0.126 e. The van der Waals surface area contributed by atoms with Crippen LogP contribution in [0.4, 0.5) is 11.4 Å². The van der Waals surface area contributed by atoms with Gasteiger partial charge < -0.3 is 10.2 Å². The van der Waals surface area contributed by atoms with Crippen molar-refractivity contribution in [2.75, 3.05) is 17.3 Å². The van der Waals surface area contributed by atoms with Crippen molar-refractivity contribution in [2.45, 2.75) is 6.17 Å². The minimum absolute atomic E-state index is 0.123. The molecule has 0 saturated carbocycles. The van der Waals surface area contributed by atoms with Gasteiger partial charge in [0.15, 0.2) is 0 Å². The molecule has 1 unspecified atom stereocenters. The average Bonchev–Trinajstić information content (AvgIpc) is 3.09. The summed E-state index contributed by atoms with van der Waals surface area (Å²) in [7, 11) is 2.17. The van der Waals surface area contributed by atoms with E-state index in [2.05, 4.69) is 108 Å². The van der Waals surface area contributed by atoms with Gasteiger partial charge in [-0.15, -0.1) is 0 Å². The molecule has 5 aromatic rings. The second kappa shape index (κ2) is 5.74. The number of anilines is 2. The Morgan fingerprint density at radius 2 is 1.36 bits per heavy atom. The van der Waals surface area contributed by atoms with Crippen molar-refractivity contribution in [1.82, 2.24) is 0 Å². The fraction of sp³-hybridized carbons (Fsp3) is 0.0769. The lowest BCUT2D eigenvalue weighted by Gasteiger charge is -2.25. The van der Waals surface area contributed by atoms with Gasteiger partial charge in [0, 0.05) is 12.6 Å². The molecule has 1 aliphatic heterocycles. The van der Waals surface area contributed by atoms with Gasteiger partial charge in [0.1, 0.15) is 6.17 Å². The first kappa shape index (κ1) is 15.5. The zero-order chi connectivity index (χ0) is 18.7. The van der Waals surface area contributed by atoms with Crippen LogP contribution in [0.15, 0.2) is 91.0 Å². The van der Waals surface area contributed by atoms with E-state index in [1.165, 1.54) is 49.3 Å². The van der Waals surface area contributed by atoms with Crippen molar-refractivity contribution < 1.29 is 0 Å². The summed E-state index contributed by atoms with van der Waals surface area (Å²) in [6.07, 6.45) is 0.123. The van der Waals surface area contributed by atoms with Gasteiger partial charge in [0.2, 0.25) is 0 Å². The Morgan fingerprint density at radius 3 is 2.21 bits per heavy atom. The number of benzene rings is 5. The van der Waals surface area contributed by atoms with Crippen molar-refractivity contribution in [1.29, 1.82) is 0 Å². The average molecular weight is 360 g/mol. The van der Waals surface area contributed by atoms with Crippen LogP contribution in [-0.4, -0.2) is 7.05 Å². The highest BCUT2D eigenvalue weighted by molar-refractivity contribution is 6.21. The molecular weight excluding hydrogens is 340 g/mol. The molecule has 28 heavy (non-hydrogen) atoms. The summed E-state index contributed by atoms with van der Waals surface area (Å²) in [6.45, 7) is 0. The lowest BCUT2D eigenvalue weighted by atomic mass is 9.92. The summed E-state index contributed by atoms with van der Waals surface area (Å²) < 4.78 is 0. The normalized spacial score (nSPS) is 15.9. The molecule has 0 radical (unpaired) electrons. The van der Waals surface area contributed by atoms with Crippen molar-refractivity contribution in [3.05, 3.63) is 96.6 Å². The van der Waals surface area contributed by atoms with Crippen molar-refractivity contribution in [2.24, 2.45) is 0 Å². The van der Waals surface area contributed by atoms with E-state index in [-0.39, 0.29) is 6.17 Å². The second-order valence-corrected chi connectivity index (χ2v) is 7.57. The molecule has 0 saturated heterocycles. The lowest BCUT2D eigenvalue weighted by molar-refractivity contribution is 0.800. The molecule has 1 heterocycles. The van der Waals surface area contributed by atoms with Crippen LogP contribution in [-0.2, 0) is 0 Å². The van der Waals surface area contributed by atoms with Crippen molar-refractivity contribution >= 4 is 43.7 Å². The SMILES string of the molecule is CN1c2ccccc2NC1c1cc2ccc3ccccc3c2c2ccccc12. The predicted molar refractivity (Wildman–Crippen MR) is 120 cm³/mol. The van der Waals surface area contributed by atoms with Crippen molar-refractivity contribution in [3.63, 3.8) is 0 Å². The van der Waals surface area contributed by atoms with Gasteiger partial charge in [0.25, 0.3) is 0 Å². The van der Waals surface area contributed by atoms with Crippen LogP contribution >= 0.6 is 0 Å². The molecule has 1 atom stereocenters. The fourth-order valence-electron chi connectivity index (χ4n) is 4.71. The largest absolute Gasteiger partial charge is 0.360 e. The topological polar surface area (TPSA) is 15.3 Å². The number of rotatable bonds is 1. The van der Waals surface area contributed by atoms with Gasteiger partial charge in [-0.1, -0.05) is 72.8 Å². The van der Waals surface area contributed by atoms with Gasteiger partial charge in [-0.3, -0.25) is 0 Å². The Hall–Kier alpha value is -3.52. The smallest absolute Gasteiger partial charge is 0.126 e. The number of nitrogens with one attached hydrogen (secondary N) is 1. The molecule has 134 valence electrons. The summed E-state index contributed by atoms with van der Waals surface area (Å²) in [5.74, 6) is 0. The molecule has 1 aliphatic rings. The first-order chi connectivity index (χ1) is 13.8. The minimum Gasteiger partial charge on any atom is -0.360 e. The molecule has 0 amide bonds. The molecule has 1 N–H and O–H groups in total. The molecule has 0 aromatic heterocycles. The number of nitrogens with zero attached hydrogens (tertiary/aromatic N) is 1. The molecule has 5 aromatic carbocycles. The zero-order valence-electron chi connectivity index (χ0n) is 15.7. The van der Waals surface area contributed by atoms with Crippen LogP contribution < -0.4 is 10.2 Å². The van der Waals surface area contributed by atoms with Crippen LogP contribution in [0.1, 0.15) is 11.7 Å². The number of hydrogen-bond donors (Lipinski definition) is 1. The molecule has 2 nitrogen and oxygen atoms in total. The third-order valence-electron chi connectivity index (χ3n) is 6.04. The van der Waals surface area contributed by atoms with Gasteiger partial charge in [-0.05, 0) is 50.5 Å². The quantitative estimate of drug-likeness (QED) is 0.334. The molecule has 6 rings (SSSR count). The summed E-state index contributed by atoms with van der Waals surface area (Å²) >= 11 is 0. The van der Waals surface area contributed by atoms with E-state index < -0.39 is 0 Å². The Kier molecular flexibility index (Phi) is 3.18. The molecule has 0 spiro atoms. The van der Waals surface area contributed by atoms with Crippen LogP contribution in [0.3, 0.4) is 0 Å². The highest BCUT2D eigenvalue weighted by Gasteiger charge is 2.28. The van der Waals surface area contributed by atoms with Crippen LogP contribution in [0, 0.1) is 0 Å². The van der Waals surface area contributed by atoms with Gasteiger partial charge in [-0.2, -0.15) is 0 Å². The van der Waals surface area contributed by atoms with Gasteiger partial charge in [-0.25, -0.2) is 0 Å². The second-order valence-electron chi connectivity index (χ2n) is 7.57. The first-order valence-corrected chi connectivity index (χ1v) is 9.73. The van der Waals surface area contributed by atoms with E-state index in [9.17, 15) is 0 Å². The monoisotopic (exact) mass is 360 g/mol. The van der Waals surface area contributed by atoms with E-state index in [0.717, 1.165) is 0 Å². The Balaban J connectivity index is 1.67. The number of hydrogen-bond acceptors (Lipinski definition) is 2. The minimum atomic E-state index is 0.123. The standard InChI is InChI=1S/C26H20N2/c1-28-24-13-7-6-12-23(24)27-26(28)22-16-18-15-14-17-8-2-3-9-19(17)25(18)21-11-5-4-10-20(21)22/h2-16,26-27H,1H3. The highest BCUT2D eigenvalue weighted by Crippen LogP contribution is 2.43. The summed E-state index contributed by atoms with van der Waals surface area (Å²) in [5, 5.41) is 11.6. The van der Waals surface area contributed by atoms with E-state index in [1.807, 2.05) is 0 Å². The number of fused-ring (bicyclic) bond motifs is 6. The van der Waals surface area contributed by atoms with Crippen LogP contribution in [0.5, 0.6) is 0 Å². The Bertz CT molecular complexity index is 1370. The molecule has 0 fully saturated rings. The molecule has 0 aliphatic carbocycles. The summed E-state index contributed by atoms with van der Waals surface area (Å²) in [6, 6.07) is 32.9. The van der Waals surface area contributed by atoms with E-state index >= 15 is 0 Å². The van der Waals surface area contributed by atoms with E-state index in [4.69, 9.17) is 0 Å². The maximum atomic E-state index is 3.72. The Labute approximate surface area is 164 Å². The van der Waals surface area contributed by atoms with Gasteiger partial charge in [0.05, 0.1) is 11.4 Å². The highest BCUT2D eigenvalue weighted by atomic mass is 15.3. The van der Waals surface area contributed by atoms with Crippen LogP contribution in [0.2, 0.25) is 0 Å². The molecule has 0 bridgehead atoms. The third-order valence-corrected chi connectivity index (χ3v) is 6.04. The first-order valence-electron chi connectivity index (χ1n) is 9.73. The number of para-hydroxylation sites is 2. The fourth-order valence-corrected chi connectivity index (χ4v) is 4.71. The molecule has 2 heteroatoms. The lowest BCUT2D eigenvalue weighted by Crippen LogP contribution is -2.23. The Morgan fingerprint density at radius 1 is 0.679 bits per heavy atom. The zero-order valence-corrected chi connectivity index (χ0v) is 15.7. The summed E-state index contributed by atoms with van der Waals surface area (Å²) in [5.41, 5.74) is 3.75. The van der Waals surface area contributed by atoms with Gasteiger partial charge >= 0.3 is 0 Å².